The fourth-order valence-corrected chi connectivity index (χ4v) is 3.59. The first-order chi connectivity index (χ1) is 14.0. The summed E-state index contributed by atoms with van der Waals surface area (Å²) in [6, 6.07) is 19.9. The van der Waals surface area contributed by atoms with Crippen molar-refractivity contribution >= 4 is 21.8 Å². The summed E-state index contributed by atoms with van der Waals surface area (Å²) >= 11 is 3.45. The van der Waals surface area contributed by atoms with Gasteiger partial charge in [0.15, 0.2) is 5.69 Å². The molecular formula is C22H20BrN5O. The van der Waals surface area contributed by atoms with E-state index in [1.54, 1.807) is 4.68 Å². The predicted molar refractivity (Wildman–Crippen MR) is 116 cm³/mol. The van der Waals surface area contributed by atoms with Crippen molar-refractivity contribution in [2.75, 3.05) is 0 Å². The first kappa shape index (κ1) is 19.1. The molecule has 0 spiro atoms. The van der Waals surface area contributed by atoms with E-state index in [9.17, 15) is 4.79 Å². The highest BCUT2D eigenvalue weighted by Crippen LogP contribution is 2.24. The molecule has 0 saturated heterocycles. The number of para-hydroxylation sites is 1. The van der Waals surface area contributed by atoms with Crippen LogP contribution in [-0.4, -0.2) is 25.5 Å². The molecule has 29 heavy (non-hydrogen) atoms. The lowest BCUT2D eigenvalue weighted by atomic mass is 10.1. The van der Waals surface area contributed by atoms with Crippen LogP contribution in [0.4, 0.5) is 0 Å². The molecule has 2 heterocycles. The quantitative estimate of drug-likeness (QED) is 0.494. The smallest absolute Gasteiger partial charge is 0.273 e. The van der Waals surface area contributed by atoms with Gasteiger partial charge in [-0.15, -0.1) is 0 Å². The molecule has 0 bridgehead atoms. The van der Waals surface area contributed by atoms with E-state index in [-0.39, 0.29) is 5.91 Å². The lowest BCUT2D eigenvalue weighted by Gasteiger charge is -2.04. The number of aromatic nitrogens is 4. The van der Waals surface area contributed by atoms with Crippen molar-refractivity contribution in [3.8, 4) is 16.9 Å². The van der Waals surface area contributed by atoms with Gasteiger partial charge in [-0.3, -0.25) is 9.48 Å². The van der Waals surface area contributed by atoms with E-state index < -0.39 is 0 Å². The highest BCUT2D eigenvalue weighted by molar-refractivity contribution is 9.10. The molecule has 0 saturated carbocycles. The Kier molecular flexibility index (Phi) is 5.31. The third-order valence-electron chi connectivity index (χ3n) is 4.77. The van der Waals surface area contributed by atoms with Gasteiger partial charge in [-0.1, -0.05) is 48.5 Å². The molecule has 0 atom stereocenters. The predicted octanol–water partition coefficient (Wildman–Crippen LogP) is 4.27. The standard InChI is InChI=1S/C22H20BrN5O/c1-15-19(23)21(25-27(15)2)22(29)24-13-17-14-28(18-11-7-4-8-12-18)26-20(17)16-9-5-3-6-10-16/h3-12,14H,13H2,1-2H3,(H,24,29). The van der Waals surface area contributed by atoms with Crippen molar-refractivity contribution in [3.05, 3.63) is 88.3 Å². The Morgan fingerprint density at radius 2 is 1.69 bits per heavy atom. The Morgan fingerprint density at radius 3 is 2.31 bits per heavy atom. The lowest BCUT2D eigenvalue weighted by Crippen LogP contribution is -2.24. The Morgan fingerprint density at radius 1 is 1.03 bits per heavy atom. The average molecular weight is 450 g/mol. The Balaban J connectivity index is 1.64. The Labute approximate surface area is 177 Å². The molecule has 2 aromatic carbocycles. The average Bonchev–Trinajstić information content (AvgIpc) is 3.30. The van der Waals surface area contributed by atoms with Crippen molar-refractivity contribution in [3.63, 3.8) is 0 Å². The van der Waals surface area contributed by atoms with Crippen molar-refractivity contribution in [2.45, 2.75) is 13.5 Å². The van der Waals surface area contributed by atoms with Crippen molar-refractivity contribution in [2.24, 2.45) is 7.05 Å². The van der Waals surface area contributed by atoms with Crippen LogP contribution in [0.25, 0.3) is 16.9 Å². The van der Waals surface area contributed by atoms with Gasteiger partial charge in [0.1, 0.15) is 0 Å². The van der Waals surface area contributed by atoms with Gasteiger partial charge in [0.05, 0.1) is 21.5 Å². The minimum Gasteiger partial charge on any atom is -0.346 e. The van der Waals surface area contributed by atoms with E-state index in [0.717, 1.165) is 28.2 Å². The van der Waals surface area contributed by atoms with Gasteiger partial charge in [-0.05, 0) is 35.0 Å². The number of hydrogen-bond donors (Lipinski definition) is 1. The lowest BCUT2D eigenvalue weighted by molar-refractivity contribution is 0.0944. The zero-order valence-corrected chi connectivity index (χ0v) is 17.7. The summed E-state index contributed by atoms with van der Waals surface area (Å²) in [5, 5.41) is 12.0. The molecule has 146 valence electrons. The molecule has 4 rings (SSSR count). The second kappa shape index (κ2) is 8.05. The number of halogens is 1. The third-order valence-corrected chi connectivity index (χ3v) is 5.72. The van der Waals surface area contributed by atoms with Crippen LogP contribution in [0.3, 0.4) is 0 Å². The van der Waals surface area contributed by atoms with E-state index in [2.05, 4.69) is 26.3 Å². The second-order valence-electron chi connectivity index (χ2n) is 6.70. The van der Waals surface area contributed by atoms with Crippen LogP contribution in [0.1, 0.15) is 21.7 Å². The molecule has 4 aromatic rings. The molecule has 0 aliphatic carbocycles. The van der Waals surface area contributed by atoms with Gasteiger partial charge in [-0.2, -0.15) is 10.2 Å². The molecular weight excluding hydrogens is 430 g/mol. The normalized spacial score (nSPS) is 10.9. The molecule has 1 amide bonds. The number of benzene rings is 2. The minimum atomic E-state index is -0.230. The van der Waals surface area contributed by atoms with E-state index in [0.29, 0.717) is 16.7 Å². The molecule has 0 aliphatic rings. The summed E-state index contributed by atoms with van der Waals surface area (Å²) in [4.78, 5) is 12.7. The zero-order chi connectivity index (χ0) is 20.4. The van der Waals surface area contributed by atoms with Crippen LogP contribution < -0.4 is 5.32 Å². The summed E-state index contributed by atoms with van der Waals surface area (Å²) in [5.41, 5.74) is 5.01. The number of nitrogens with zero attached hydrogens (tertiary/aromatic N) is 4. The van der Waals surface area contributed by atoms with Crippen LogP contribution in [0.15, 0.2) is 71.3 Å². The zero-order valence-electron chi connectivity index (χ0n) is 16.1. The van der Waals surface area contributed by atoms with E-state index >= 15 is 0 Å². The third kappa shape index (κ3) is 3.86. The van der Waals surface area contributed by atoms with E-state index in [1.807, 2.05) is 85.5 Å². The molecule has 0 aliphatic heterocycles. The molecule has 6 nitrogen and oxygen atoms in total. The van der Waals surface area contributed by atoms with Gasteiger partial charge in [0, 0.05) is 30.9 Å². The number of hydrogen-bond acceptors (Lipinski definition) is 3. The summed E-state index contributed by atoms with van der Waals surface area (Å²) in [5.74, 6) is -0.230. The number of amides is 1. The van der Waals surface area contributed by atoms with Crippen LogP contribution >= 0.6 is 15.9 Å². The molecule has 7 heteroatoms. The molecule has 2 aromatic heterocycles. The maximum atomic E-state index is 12.7. The highest BCUT2D eigenvalue weighted by Gasteiger charge is 2.19. The van der Waals surface area contributed by atoms with Crippen LogP contribution in [0, 0.1) is 6.92 Å². The largest absolute Gasteiger partial charge is 0.346 e. The van der Waals surface area contributed by atoms with Crippen LogP contribution in [0.5, 0.6) is 0 Å². The van der Waals surface area contributed by atoms with Crippen LogP contribution in [-0.2, 0) is 13.6 Å². The molecule has 0 radical (unpaired) electrons. The fourth-order valence-electron chi connectivity index (χ4n) is 3.08. The number of rotatable bonds is 5. The maximum absolute atomic E-state index is 12.7. The molecule has 0 unspecified atom stereocenters. The highest BCUT2D eigenvalue weighted by atomic mass is 79.9. The first-order valence-electron chi connectivity index (χ1n) is 9.21. The monoisotopic (exact) mass is 449 g/mol. The van der Waals surface area contributed by atoms with E-state index in [4.69, 9.17) is 5.10 Å². The Bertz CT molecular complexity index is 1150. The molecule has 0 fully saturated rings. The summed E-state index contributed by atoms with van der Waals surface area (Å²) in [6.07, 6.45) is 1.96. The summed E-state index contributed by atoms with van der Waals surface area (Å²) < 4.78 is 4.23. The Hall–Kier alpha value is -3.19. The number of aryl methyl sites for hydroxylation is 1. The van der Waals surface area contributed by atoms with Gasteiger partial charge in [0.25, 0.3) is 5.91 Å². The minimum absolute atomic E-state index is 0.230. The molecule has 1 N–H and O–H groups in total. The van der Waals surface area contributed by atoms with E-state index in [1.165, 1.54) is 0 Å². The van der Waals surface area contributed by atoms with Crippen molar-refractivity contribution < 1.29 is 4.79 Å². The van der Waals surface area contributed by atoms with Gasteiger partial charge < -0.3 is 5.32 Å². The van der Waals surface area contributed by atoms with Gasteiger partial charge in [0.2, 0.25) is 0 Å². The summed E-state index contributed by atoms with van der Waals surface area (Å²) in [7, 11) is 1.81. The van der Waals surface area contributed by atoms with Crippen molar-refractivity contribution in [1.29, 1.82) is 0 Å². The van der Waals surface area contributed by atoms with Crippen LogP contribution in [0.2, 0.25) is 0 Å². The van der Waals surface area contributed by atoms with Gasteiger partial charge >= 0.3 is 0 Å². The topological polar surface area (TPSA) is 64.7 Å². The second-order valence-corrected chi connectivity index (χ2v) is 7.50. The maximum Gasteiger partial charge on any atom is 0.273 e. The SMILES string of the molecule is Cc1c(Br)c(C(=O)NCc2cn(-c3ccccc3)nc2-c2ccccc2)nn1C. The first-order valence-corrected chi connectivity index (χ1v) is 10.0. The number of carbonyl (C=O) groups is 1. The summed E-state index contributed by atoms with van der Waals surface area (Å²) in [6.45, 7) is 2.25. The van der Waals surface area contributed by atoms with Gasteiger partial charge in [-0.25, -0.2) is 4.68 Å². The fraction of sp³-hybridized carbons (Fsp3) is 0.136. The number of nitrogens with one attached hydrogen (secondary N) is 1. The number of carbonyl (C=O) groups excluding carboxylic acids is 1. The van der Waals surface area contributed by atoms with Crippen molar-refractivity contribution in [1.82, 2.24) is 24.9 Å².